The molecule has 1 aromatic carbocycles. The molecule has 5 heteroatoms. The van der Waals surface area contributed by atoms with E-state index in [1.165, 1.54) is 0 Å². The summed E-state index contributed by atoms with van der Waals surface area (Å²) in [4.78, 5) is 23.4. The molecule has 0 saturated heterocycles. The van der Waals surface area contributed by atoms with Crippen LogP contribution in [-0.4, -0.2) is 24.4 Å². The van der Waals surface area contributed by atoms with Crippen LogP contribution in [0.4, 0.5) is 11.4 Å². The number of hydrogen-bond acceptors (Lipinski definition) is 3. The van der Waals surface area contributed by atoms with Crippen LogP contribution >= 0.6 is 0 Å². The largest absolute Gasteiger partial charge is 0.326 e. The van der Waals surface area contributed by atoms with Gasteiger partial charge in [0, 0.05) is 29.8 Å². The van der Waals surface area contributed by atoms with Gasteiger partial charge in [-0.1, -0.05) is 20.8 Å². The Hall–Kier alpha value is -1.88. The smallest absolute Gasteiger partial charge is 0.226 e. The van der Waals surface area contributed by atoms with Crippen LogP contribution in [0.15, 0.2) is 24.3 Å². The van der Waals surface area contributed by atoms with Crippen LogP contribution in [0.3, 0.4) is 0 Å². The average molecular weight is 291 g/mol. The van der Waals surface area contributed by atoms with E-state index in [9.17, 15) is 9.59 Å². The molecule has 5 nitrogen and oxygen atoms in total. The summed E-state index contributed by atoms with van der Waals surface area (Å²) < 4.78 is 0. The number of hydrogen-bond donors (Lipinski definition) is 3. The first-order valence-corrected chi connectivity index (χ1v) is 7.36. The van der Waals surface area contributed by atoms with Gasteiger partial charge in [-0.05, 0) is 37.7 Å². The van der Waals surface area contributed by atoms with Crippen molar-refractivity contribution in [3.8, 4) is 0 Å². The molecule has 21 heavy (non-hydrogen) atoms. The highest BCUT2D eigenvalue weighted by Crippen LogP contribution is 2.14. The Labute approximate surface area is 126 Å². The number of benzene rings is 1. The van der Waals surface area contributed by atoms with Crippen LogP contribution in [-0.2, 0) is 9.59 Å². The Morgan fingerprint density at radius 1 is 1.00 bits per heavy atom. The average Bonchev–Trinajstić information content (AvgIpc) is 2.40. The number of nitrogens with one attached hydrogen (secondary N) is 3. The Morgan fingerprint density at radius 3 is 2.00 bits per heavy atom. The molecule has 0 radical (unpaired) electrons. The van der Waals surface area contributed by atoms with Crippen LogP contribution < -0.4 is 16.0 Å². The minimum Gasteiger partial charge on any atom is -0.326 e. The minimum absolute atomic E-state index is 0.0220. The first-order chi connectivity index (χ1) is 9.92. The summed E-state index contributed by atoms with van der Waals surface area (Å²) in [6.07, 6.45) is 0.430. The highest BCUT2D eigenvalue weighted by Gasteiger charge is 2.09. The predicted octanol–water partition coefficient (Wildman–Crippen LogP) is 2.61. The van der Waals surface area contributed by atoms with E-state index in [-0.39, 0.29) is 23.8 Å². The van der Waals surface area contributed by atoms with Gasteiger partial charge in [0.15, 0.2) is 0 Å². The summed E-state index contributed by atoms with van der Waals surface area (Å²) in [6.45, 7) is 8.52. The molecule has 2 amide bonds. The van der Waals surface area contributed by atoms with Gasteiger partial charge in [0.2, 0.25) is 11.8 Å². The fourth-order valence-corrected chi connectivity index (χ4v) is 1.83. The van der Waals surface area contributed by atoms with E-state index < -0.39 is 0 Å². The van der Waals surface area contributed by atoms with E-state index in [4.69, 9.17) is 0 Å². The van der Waals surface area contributed by atoms with Gasteiger partial charge in [-0.2, -0.15) is 0 Å². The first-order valence-electron chi connectivity index (χ1n) is 7.36. The summed E-state index contributed by atoms with van der Waals surface area (Å²) in [5.74, 6) is -0.106. The maximum atomic E-state index is 11.8. The molecule has 3 N–H and O–H groups in total. The molecule has 0 heterocycles. The van der Waals surface area contributed by atoms with Crippen LogP contribution in [0.2, 0.25) is 0 Å². The molecule has 0 saturated carbocycles. The highest BCUT2D eigenvalue weighted by molar-refractivity contribution is 5.93. The normalized spacial score (nSPS) is 12.0. The summed E-state index contributed by atoms with van der Waals surface area (Å²) >= 11 is 0. The van der Waals surface area contributed by atoms with E-state index in [0.29, 0.717) is 6.42 Å². The van der Waals surface area contributed by atoms with Gasteiger partial charge in [-0.3, -0.25) is 9.59 Å². The zero-order valence-electron chi connectivity index (χ0n) is 13.2. The third kappa shape index (κ3) is 6.40. The summed E-state index contributed by atoms with van der Waals surface area (Å²) in [6, 6.07) is 7.28. The monoisotopic (exact) mass is 291 g/mol. The molecule has 0 aliphatic heterocycles. The Kier molecular flexibility index (Phi) is 6.88. The molecule has 0 aliphatic carbocycles. The van der Waals surface area contributed by atoms with Crippen LogP contribution in [0, 0.1) is 5.92 Å². The molecule has 1 atom stereocenters. The van der Waals surface area contributed by atoms with E-state index in [0.717, 1.165) is 17.9 Å². The van der Waals surface area contributed by atoms with Gasteiger partial charge in [-0.15, -0.1) is 0 Å². The number of carbonyl (C=O) groups is 2. The Morgan fingerprint density at radius 2 is 1.52 bits per heavy atom. The van der Waals surface area contributed by atoms with E-state index in [1.54, 1.807) is 24.3 Å². The summed E-state index contributed by atoms with van der Waals surface area (Å²) in [7, 11) is 0. The second kappa shape index (κ2) is 8.42. The molecule has 0 spiro atoms. The SMILES string of the molecule is CCNC(C)CC(=O)Nc1ccc(NC(=O)C(C)C)cc1. The first kappa shape index (κ1) is 17.2. The lowest BCUT2D eigenvalue weighted by atomic mass is 10.2. The van der Waals surface area contributed by atoms with Crippen molar-refractivity contribution in [1.29, 1.82) is 0 Å². The number of amides is 2. The second-order valence-electron chi connectivity index (χ2n) is 5.43. The van der Waals surface area contributed by atoms with E-state index >= 15 is 0 Å². The maximum Gasteiger partial charge on any atom is 0.226 e. The van der Waals surface area contributed by atoms with Crippen molar-refractivity contribution in [3.05, 3.63) is 24.3 Å². The van der Waals surface area contributed by atoms with Crippen molar-refractivity contribution in [2.45, 2.75) is 40.2 Å². The number of carbonyl (C=O) groups excluding carboxylic acids is 2. The van der Waals surface area contributed by atoms with Gasteiger partial charge >= 0.3 is 0 Å². The zero-order chi connectivity index (χ0) is 15.8. The zero-order valence-corrected chi connectivity index (χ0v) is 13.2. The molecule has 0 aliphatic rings. The lowest BCUT2D eigenvalue weighted by molar-refractivity contribution is -0.119. The molecule has 0 bridgehead atoms. The predicted molar refractivity (Wildman–Crippen MR) is 86.3 cm³/mol. The van der Waals surface area contributed by atoms with E-state index in [2.05, 4.69) is 16.0 Å². The van der Waals surface area contributed by atoms with Crippen molar-refractivity contribution in [3.63, 3.8) is 0 Å². The third-order valence-corrected chi connectivity index (χ3v) is 3.00. The number of rotatable bonds is 7. The fourth-order valence-electron chi connectivity index (χ4n) is 1.83. The van der Waals surface area contributed by atoms with Gasteiger partial charge in [0.25, 0.3) is 0 Å². The summed E-state index contributed by atoms with van der Waals surface area (Å²) in [5.41, 5.74) is 1.46. The molecular formula is C16H25N3O2. The Balaban J connectivity index is 2.51. The van der Waals surface area contributed by atoms with Crippen molar-refractivity contribution in [2.24, 2.45) is 5.92 Å². The lowest BCUT2D eigenvalue weighted by Crippen LogP contribution is -2.30. The van der Waals surface area contributed by atoms with Crippen molar-refractivity contribution >= 4 is 23.2 Å². The van der Waals surface area contributed by atoms with Crippen LogP contribution in [0.1, 0.15) is 34.1 Å². The molecule has 0 aromatic heterocycles. The van der Waals surface area contributed by atoms with Crippen molar-refractivity contribution in [1.82, 2.24) is 5.32 Å². The van der Waals surface area contributed by atoms with Gasteiger partial charge < -0.3 is 16.0 Å². The fraction of sp³-hybridized carbons (Fsp3) is 0.500. The van der Waals surface area contributed by atoms with Gasteiger partial charge in [-0.25, -0.2) is 0 Å². The molecule has 1 aromatic rings. The molecule has 1 unspecified atom stereocenters. The van der Waals surface area contributed by atoms with Crippen molar-refractivity contribution in [2.75, 3.05) is 17.2 Å². The van der Waals surface area contributed by atoms with Crippen molar-refractivity contribution < 1.29 is 9.59 Å². The quantitative estimate of drug-likeness (QED) is 0.723. The lowest BCUT2D eigenvalue weighted by Gasteiger charge is -2.12. The number of anilines is 2. The second-order valence-corrected chi connectivity index (χ2v) is 5.43. The minimum atomic E-state index is -0.0584. The third-order valence-electron chi connectivity index (χ3n) is 3.00. The van der Waals surface area contributed by atoms with Crippen LogP contribution in [0.25, 0.3) is 0 Å². The Bertz CT molecular complexity index is 469. The summed E-state index contributed by atoms with van der Waals surface area (Å²) in [5, 5.41) is 8.85. The molecular weight excluding hydrogens is 266 g/mol. The van der Waals surface area contributed by atoms with E-state index in [1.807, 2.05) is 27.7 Å². The van der Waals surface area contributed by atoms with Gasteiger partial charge in [0.1, 0.15) is 0 Å². The van der Waals surface area contributed by atoms with Crippen LogP contribution in [0.5, 0.6) is 0 Å². The standard InChI is InChI=1S/C16H25N3O2/c1-5-17-12(4)10-15(20)18-13-6-8-14(9-7-13)19-16(21)11(2)3/h6-9,11-12,17H,5,10H2,1-4H3,(H,18,20)(H,19,21). The molecule has 1 rings (SSSR count). The highest BCUT2D eigenvalue weighted by atomic mass is 16.2. The molecule has 0 fully saturated rings. The molecule has 116 valence electrons. The maximum absolute atomic E-state index is 11.8. The van der Waals surface area contributed by atoms with Gasteiger partial charge in [0.05, 0.1) is 0 Å². The topological polar surface area (TPSA) is 70.2 Å².